The van der Waals surface area contributed by atoms with Gasteiger partial charge in [0, 0.05) is 29.5 Å². The van der Waals surface area contributed by atoms with Crippen molar-refractivity contribution in [2.75, 3.05) is 14.2 Å². The van der Waals surface area contributed by atoms with E-state index in [1.165, 1.54) is 38.4 Å². The van der Waals surface area contributed by atoms with Crippen molar-refractivity contribution in [2.45, 2.75) is 26.5 Å². The molecule has 0 saturated heterocycles. The molecule has 1 amide bonds. The van der Waals surface area contributed by atoms with Crippen LogP contribution < -0.4 is 14.8 Å². The molecule has 1 unspecified atom stereocenters. The molecular formula is C21H23NO6S. The minimum absolute atomic E-state index is 0.145. The fourth-order valence-electron chi connectivity index (χ4n) is 2.40. The summed E-state index contributed by atoms with van der Waals surface area (Å²) in [5, 5.41) is 2.67. The zero-order valence-electron chi connectivity index (χ0n) is 16.7. The Morgan fingerprint density at radius 1 is 1.14 bits per heavy atom. The van der Waals surface area contributed by atoms with E-state index in [9.17, 15) is 14.4 Å². The first kappa shape index (κ1) is 22.2. The van der Waals surface area contributed by atoms with Crippen LogP contribution in [0, 0.1) is 0 Å². The number of benzene rings is 1. The summed E-state index contributed by atoms with van der Waals surface area (Å²) in [5.41, 5.74) is 0.671. The lowest BCUT2D eigenvalue weighted by atomic mass is 10.1. The number of hydrogen-bond donors (Lipinski definition) is 1. The number of Topliss-reactive ketones (excluding diaryl/α,β-unsaturated/α-hetero) is 1. The van der Waals surface area contributed by atoms with E-state index >= 15 is 0 Å². The van der Waals surface area contributed by atoms with Crippen molar-refractivity contribution in [2.24, 2.45) is 0 Å². The van der Waals surface area contributed by atoms with Gasteiger partial charge in [-0.2, -0.15) is 0 Å². The van der Waals surface area contributed by atoms with Gasteiger partial charge in [-0.05, 0) is 37.3 Å². The summed E-state index contributed by atoms with van der Waals surface area (Å²) in [6.45, 7) is 3.30. The summed E-state index contributed by atoms with van der Waals surface area (Å²) >= 11 is 1.26. The number of ether oxygens (including phenoxy) is 3. The maximum atomic E-state index is 12.5. The first-order valence-corrected chi connectivity index (χ1v) is 9.63. The van der Waals surface area contributed by atoms with Gasteiger partial charge in [0.2, 0.25) is 11.7 Å². The Morgan fingerprint density at radius 2 is 1.90 bits per heavy atom. The molecule has 1 aromatic heterocycles. The summed E-state index contributed by atoms with van der Waals surface area (Å²) in [6.07, 6.45) is 1.86. The minimum atomic E-state index is -0.933. The average molecular weight is 417 g/mol. The fraction of sp³-hybridized carbons (Fsp3) is 0.286. The number of carbonyl (C=O) groups is 3. The summed E-state index contributed by atoms with van der Waals surface area (Å²) in [4.78, 5) is 36.8. The third-order valence-electron chi connectivity index (χ3n) is 3.92. The fourth-order valence-corrected chi connectivity index (χ4v) is 3.36. The van der Waals surface area contributed by atoms with Gasteiger partial charge in [-0.3, -0.25) is 9.59 Å². The van der Waals surface area contributed by atoms with Gasteiger partial charge in [0.05, 0.1) is 25.6 Å². The molecule has 2 rings (SSSR count). The van der Waals surface area contributed by atoms with Crippen molar-refractivity contribution < 1.29 is 28.6 Å². The lowest BCUT2D eigenvalue weighted by Crippen LogP contribution is -2.22. The van der Waals surface area contributed by atoms with Crippen LogP contribution in [0.1, 0.15) is 34.0 Å². The van der Waals surface area contributed by atoms with E-state index in [0.29, 0.717) is 28.5 Å². The van der Waals surface area contributed by atoms with Gasteiger partial charge in [-0.25, -0.2) is 4.79 Å². The van der Waals surface area contributed by atoms with E-state index < -0.39 is 12.1 Å². The molecule has 0 radical (unpaired) electrons. The number of carbonyl (C=O) groups excluding carboxylic acids is 3. The van der Waals surface area contributed by atoms with E-state index in [2.05, 4.69) is 5.32 Å². The molecule has 29 heavy (non-hydrogen) atoms. The molecule has 0 aliphatic rings. The first-order chi connectivity index (χ1) is 13.8. The Balaban J connectivity index is 1.97. The van der Waals surface area contributed by atoms with Crippen LogP contribution in [-0.2, 0) is 20.9 Å². The van der Waals surface area contributed by atoms with Crippen molar-refractivity contribution >= 4 is 35.1 Å². The van der Waals surface area contributed by atoms with Gasteiger partial charge in [0.15, 0.2) is 6.10 Å². The number of esters is 1. The van der Waals surface area contributed by atoms with Crippen molar-refractivity contribution in [1.82, 2.24) is 5.32 Å². The molecule has 8 heteroatoms. The molecule has 1 N–H and O–H groups in total. The van der Waals surface area contributed by atoms with Crippen LogP contribution in [0.25, 0.3) is 6.08 Å². The van der Waals surface area contributed by atoms with Crippen LogP contribution in [0.5, 0.6) is 11.5 Å². The molecule has 0 spiro atoms. The van der Waals surface area contributed by atoms with Crippen molar-refractivity contribution in [3.8, 4) is 11.5 Å². The highest BCUT2D eigenvalue weighted by molar-refractivity contribution is 7.14. The maximum Gasteiger partial charge on any atom is 0.331 e. The Morgan fingerprint density at radius 3 is 2.55 bits per heavy atom. The smallest absolute Gasteiger partial charge is 0.331 e. The third kappa shape index (κ3) is 6.46. The van der Waals surface area contributed by atoms with Crippen molar-refractivity contribution in [3.63, 3.8) is 0 Å². The molecule has 7 nitrogen and oxygen atoms in total. The Hall–Kier alpha value is -3.13. The molecule has 0 saturated carbocycles. The molecule has 154 valence electrons. The topological polar surface area (TPSA) is 90.9 Å². The third-order valence-corrected chi connectivity index (χ3v) is 5.02. The molecule has 1 heterocycles. The normalized spacial score (nSPS) is 11.7. The Kier molecular flexibility index (Phi) is 7.97. The van der Waals surface area contributed by atoms with Crippen LogP contribution in [0.15, 0.2) is 36.4 Å². The summed E-state index contributed by atoms with van der Waals surface area (Å²) in [7, 11) is 3.07. The van der Waals surface area contributed by atoms with Gasteiger partial charge in [0.25, 0.3) is 0 Å². The second-order valence-corrected chi connectivity index (χ2v) is 7.23. The molecular weight excluding hydrogens is 394 g/mol. The second kappa shape index (κ2) is 10.4. The number of nitrogens with one attached hydrogen (secondary N) is 1. The van der Waals surface area contributed by atoms with E-state index in [4.69, 9.17) is 14.2 Å². The van der Waals surface area contributed by atoms with Gasteiger partial charge in [-0.15, -0.1) is 11.3 Å². The van der Waals surface area contributed by atoms with E-state index in [1.807, 2.05) is 0 Å². The number of methoxy groups -OCH3 is 2. The van der Waals surface area contributed by atoms with Crippen LogP contribution in [0.4, 0.5) is 0 Å². The molecule has 0 bridgehead atoms. The highest BCUT2D eigenvalue weighted by atomic mass is 32.1. The van der Waals surface area contributed by atoms with Crippen molar-refractivity contribution in [1.29, 1.82) is 0 Å². The predicted molar refractivity (Wildman–Crippen MR) is 110 cm³/mol. The van der Waals surface area contributed by atoms with Crippen LogP contribution in [0.2, 0.25) is 0 Å². The highest BCUT2D eigenvalue weighted by Crippen LogP contribution is 2.25. The van der Waals surface area contributed by atoms with E-state index in [0.717, 1.165) is 4.88 Å². The number of amides is 1. The lowest BCUT2D eigenvalue weighted by molar-refractivity contribution is -0.140. The number of thiophene rings is 1. The summed E-state index contributed by atoms with van der Waals surface area (Å²) < 4.78 is 15.6. The molecule has 1 aromatic carbocycles. The average Bonchev–Trinajstić information content (AvgIpc) is 3.18. The summed E-state index contributed by atoms with van der Waals surface area (Å²) in [6, 6.07) is 8.62. The van der Waals surface area contributed by atoms with Gasteiger partial charge in [0.1, 0.15) is 11.5 Å². The molecule has 0 aliphatic carbocycles. The van der Waals surface area contributed by atoms with Gasteiger partial charge >= 0.3 is 5.97 Å². The van der Waals surface area contributed by atoms with Crippen LogP contribution in [0.3, 0.4) is 0 Å². The highest BCUT2D eigenvalue weighted by Gasteiger charge is 2.20. The van der Waals surface area contributed by atoms with Crippen LogP contribution >= 0.6 is 11.3 Å². The molecule has 1 atom stereocenters. The number of ketones is 1. The van der Waals surface area contributed by atoms with Gasteiger partial charge in [-0.1, -0.05) is 0 Å². The Labute approximate surface area is 173 Å². The van der Waals surface area contributed by atoms with E-state index in [-0.39, 0.29) is 11.7 Å². The predicted octanol–water partition coefficient (Wildman–Crippen LogP) is 3.23. The first-order valence-electron chi connectivity index (χ1n) is 8.82. The quantitative estimate of drug-likeness (QED) is 0.383. The molecule has 0 aliphatic heterocycles. The number of hydrogen-bond acceptors (Lipinski definition) is 7. The zero-order chi connectivity index (χ0) is 21.4. The number of rotatable bonds is 9. The monoisotopic (exact) mass is 417 g/mol. The van der Waals surface area contributed by atoms with Gasteiger partial charge < -0.3 is 19.5 Å². The zero-order valence-corrected chi connectivity index (χ0v) is 17.5. The largest absolute Gasteiger partial charge is 0.497 e. The van der Waals surface area contributed by atoms with Crippen molar-refractivity contribution in [3.05, 3.63) is 51.7 Å². The van der Waals surface area contributed by atoms with E-state index in [1.54, 1.807) is 43.5 Å². The molecule has 0 fully saturated rings. The Bertz CT molecular complexity index is 918. The minimum Gasteiger partial charge on any atom is -0.497 e. The lowest BCUT2D eigenvalue weighted by Gasteiger charge is -2.10. The SMILES string of the molecule is COc1ccc(/C=C/C(=O)OC(C)C(=O)c2ccc(CNC(C)=O)s2)c(OC)c1. The second-order valence-electron chi connectivity index (χ2n) is 6.06. The molecule has 2 aromatic rings. The van der Waals surface area contributed by atoms with Crippen LogP contribution in [-0.4, -0.2) is 38.0 Å². The summed E-state index contributed by atoms with van der Waals surface area (Å²) in [5.74, 6) is 0.0953. The maximum absolute atomic E-state index is 12.5. The standard InChI is InChI=1S/C21H23NO6S/c1-13(21(25)19-9-8-17(29-19)12-22-14(2)23)28-20(24)10-6-15-5-7-16(26-3)11-18(15)27-4/h5-11,13H,12H2,1-4H3,(H,22,23)/b10-6+.